The molecule has 0 aliphatic carbocycles. The molecule has 0 aromatic heterocycles. The maximum absolute atomic E-state index is 11.9. The topological polar surface area (TPSA) is 63.6 Å². The molecule has 6 heteroatoms. The molecule has 0 heterocycles. The van der Waals surface area contributed by atoms with Crippen molar-refractivity contribution in [1.29, 1.82) is 0 Å². The van der Waals surface area contributed by atoms with Gasteiger partial charge in [0.1, 0.15) is 0 Å². The van der Waals surface area contributed by atoms with Gasteiger partial charge < -0.3 is 9.84 Å². The maximum atomic E-state index is 11.9. The average molecular weight is 398 g/mol. The molecule has 0 rings (SSSR count). The van der Waals surface area contributed by atoms with Crippen LogP contribution in [0.25, 0.3) is 0 Å². The van der Waals surface area contributed by atoms with E-state index in [0.29, 0.717) is 5.57 Å². The summed E-state index contributed by atoms with van der Waals surface area (Å²) in [6.07, 6.45) is 2.78. The Morgan fingerprint density at radius 3 is 1.84 bits per heavy atom. The quantitative estimate of drug-likeness (QED) is 0.337. The maximum Gasteiger partial charge on any atom is 0.335 e. The number of ether oxygens (including phenoxy) is 1. The largest absolute Gasteiger partial charge is 0.478 e. The first-order chi connectivity index (χ1) is 8.38. The van der Waals surface area contributed by atoms with E-state index in [2.05, 4.69) is 31.9 Å². The molecule has 0 spiro atoms. The van der Waals surface area contributed by atoms with Crippen molar-refractivity contribution < 1.29 is 19.4 Å². The fraction of sp³-hybridized carbons (Fsp3) is 0.538. The van der Waals surface area contributed by atoms with Gasteiger partial charge in [0.2, 0.25) is 3.42 Å². The summed E-state index contributed by atoms with van der Waals surface area (Å²) < 4.78 is 4.32. The number of carboxylic acid groups (broad SMARTS) is 1. The molecular formula is C13H18Br2O4. The van der Waals surface area contributed by atoms with Crippen molar-refractivity contribution in [2.45, 2.75) is 38.0 Å². The van der Waals surface area contributed by atoms with Gasteiger partial charge >= 0.3 is 11.9 Å². The van der Waals surface area contributed by atoms with E-state index in [1.54, 1.807) is 6.92 Å². The summed E-state index contributed by atoms with van der Waals surface area (Å²) in [6.45, 7) is 8.71. The average Bonchev–Trinajstić information content (AvgIpc) is 2.22. The minimum absolute atomic E-state index is 0.145. The summed E-state index contributed by atoms with van der Waals surface area (Å²) in [4.78, 5) is 22.5. The second kappa shape index (κ2) is 6.70. The van der Waals surface area contributed by atoms with Crippen molar-refractivity contribution in [3.05, 3.63) is 23.3 Å². The second-order valence-corrected chi connectivity index (χ2v) is 8.46. The van der Waals surface area contributed by atoms with Gasteiger partial charge in [0.25, 0.3) is 0 Å². The number of hydrogen-bond donors (Lipinski definition) is 1. The fourth-order valence-electron chi connectivity index (χ4n) is 0.739. The molecular weight excluding hydrogens is 380 g/mol. The Bertz CT molecular complexity index is 428. The lowest BCUT2D eigenvalue weighted by Gasteiger charge is -2.33. The van der Waals surface area contributed by atoms with Crippen molar-refractivity contribution in [3.8, 4) is 0 Å². The molecule has 0 saturated heterocycles. The number of carboxylic acids is 1. The van der Waals surface area contributed by atoms with Crippen LogP contribution in [0.4, 0.5) is 0 Å². The number of allylic oxidation sites excluding steroid dienone is 2. The van der Waals surface area contributed by atoms with E-state index in [0.717, 1.165) is 0 Å². The van der Waals surface area contributed by atoms with E-state index in [4.69, 9.17) is 9.84 Å². The molecule has 4 nitrogen and oxygen atoms in total. The van der Waals surface area contributed by atoms with Crippen LogP contribution in [0, 0.1) is 5.41 Å². The fourth-order valence-corrected chi connectivity index (χ4v) is 1.03. The Balaban J connectivity index is 4.92. The number of carbonyl (C=O) groups is 2. The van der Waals surface area contributed by atoms with Gasteiger partial charge in [-0.05, 0) is 45.7 Å². The molecule has 1 N–H and O–H groups in total. The van der Waals surface area contributed by atoms with Crippen LogP contribution in [0.2, 0.25) is 0 Å². The van der Waals surface area contributed by atoms with Gasteiger partial charge in [-0.2, -0.15) is 0 Å². The van der Waals surface area contributed by atoms with Gasteiger partial charge in [-0.15, -0.1) is 0 Å². The number of hydrogen-bond acceptors (Lipinski definition) is 3. The van der Waals surface area contributed by atoms with E-state index < -0.39 is 15.4 Å². The molecule has 0 atom stereocenters. The van der Waals surface area contributed by atoms with Crippen molar-refractivity contribution >= 4 is 43.8 Å². The summed E-state index contributed by atoms with van der Waals surface area (Å²) in [5.41, 5.74) is 0.107. The normalized spacial score (nSPS) is 14.3. The van der Waals surface area contributed by atoms with Crippen molar-refractivity contribution in [1.82, 2.24) is 0 Å². The molecule has 108 valence electrons. The smallest absolute Gasteiger partial charge is 0.335 e. The zero-order chi connectivity index (χ0) is 15.4. The number of rotatable bonds is 4. The van der Waals surface area contributed by atoms with E-state index in [-0.39, 0.29) is 11.0 Å². The van der Waals surface area contributed by atoms with E-state index in [1.807, 2.05) is 20.8 Å². The minimum atomic E-state index is -1.03. The Morgan fingerprint density at radius 1 is 1.05 bits per heavy atom. The summed E-state index contributed by atoms with van der Waals surface area (Å²) in [5, 5.41) is 8.70. The molecule has 0 bridgehead atoms. The third-order valence-corrected chi connectivity index (χ3v) is 5.04. The third kappa shape index (κ3) is 5.91. The number of aliphatic carboxylic acids is 1. The molecule has 0 aromatic carbocycles. The Labute approximate surface area is 130 Å². The lowest BCUT2D eigenvalue weighted by atomic mass is 9.98. The molecule has 0 saturated carbocycles. The van der Waals surface area contributed by atoms with E-state index >= 15 is 0 Å². The van der Waals surface area contributed by atoms with Crippen molar-refractivity contribution in [2.24, 2.45) is 5.41 Å². The summed E-state index contributed by atoms with van der Waals surface area (Å²) in [6, 6.07) is 0. The molecule has 0 aliphatic heterocycles. The number of halogens is 2. The van der Waals surface area contributed by atoms with Gasteiger partial charge in [0.15, 0.2) is 0 Å². The van der Waals surface area contributed by atoms with Gasteiger partial charge in [-0.1, -0.05) is 32.9 Å². The minimum Gasteiger partial charge on any atom is -0.478 e. The standard InChI is InChI=1S/C13H18Br2O4/c1-8(10(16)17)6-7-9(2)11(18)19-13(14,15)12(3,4)5/h6-7H,1-5H3,(H,16,17). The molecule has 0 unspecified atom stereocenters. The molecule has 0 aromatic rings. The first-order valence-corrected chi connectivity index (χ1v) is 7.16. The zero-order valence-electron chi connectivity index (χ0n) is 11.6. The monoisotopic (exact) mass is 396 g/mol. The lowest BCUT2D eigenvalue weighted by molar-refractivity contribution is -0.145. The number of alkyl halides is 2. The van der Waals surface area contributed by atoms with E-state index in [9.17, 15) is 9.59 Å². The van der Waals surface area contributed by atoms with Crippen LogP contribution >= 0.6 is 31.9 Å². The van der Waals surface area contributed by atoms with Crippen LogP contribution < -0.4 is 0 Å². The lowest BCUT2D eigenvalue weighted by Crippen LogP contribution is -2.35. The zero-order valence-corrected chi connectivity index (χ0v) is 14.8. The highest BCUT2D eigenvalue weighted by Gasteiger charge is 2.41. The van der Waals surface area contributed by atoms with Crippen molar-refractivity contribution in [3.63, 3.8) is 0 Å². The summed E-state index contributed by atoms with van der Waals surface area (Å²) in [5.74, 6) is -1.56. The number of carbonyl (C=O) groups excluding carboxylic acids is 1. The van der Waals surface area contributed by atoms with Crippen LogP contribution in [-0.2, 0) is 14.3 Å². The SMILES string of the molecule is CC(=CC=C(C)C(=O)OC(Br)(Br)C(C)(C)C)C(=O)O. The first-order valence-electron chi connectivity index (χ1n) is 5.58. The molecule has 0 radical (unpaired) electrons. The van der Waals surface area contributed by atoms with Crippen molar-refractivity contribution in [2.75, 3.05) is 0 Å². The van der Waals surface area contributed by atoms with Crippen LogP contribution in [0.5, 0.6) is 0 Å². The Hall–Kier alpha value is -0.620. The summed E-state index contributed by atoms with van der Waals surface area (Å²) >= 11 is 6.62. The van der Waals surface area contributed by atoms with E-state index in [1.165, 1.54) is 19.1 Å². The van der Waals surface area contributed by atoms with Crippen LogP contribution in [0.3, 0.4) is 0 Å². The van der Waals surface area contributed by atoms with Gasteiger partial charge in [-0.3, -0.25) is 0 Å². The highest BCUT2D eigenvalue weighted by atomic mass is 79.9. The highest BCUT2D eigenvalue weighted by Crippen LogP contribution is 2.45. The van der Waals surface area contributed by atoms with Crippen LogP contribution in [-0.4, -0.2) is 20.5 Å². The Morgan fingerprint density at radius 2 is 1.47 bits per heavy atom. The third-order valence-electron chi connectivity index (χ3n) is 2.34. The summed E-state index contributed by atoms with van der Waals surface area (Å²) in [7, 11) is 0. The van der Waals surface area contributed by atoms with Gasteiger partial charge in [0, 0.05) is 16.6 Å². The first kappa shape index (κ1) is 18.4. The predicted octanol–water partition coefficient (Wildman–Crippen LogP) is 4.00. The highest BCUT2D eigenvalue weighted by molar-refractivity contribution is 9.25. The van der Waals surface area contributed by atoms with Gasteiger partial charge in [0.05, 0.1) is 0 Å². The van der Waals surface area contributed by atoms with Gasteiger partial charge in [-0.25, -0.2) is 9.59 Å². The molecule has 0 amide bonds. The van der Waals surface area contributed by atoms with Crippen LogP contribution in [0.1, 0.15) is 34.6 Å². The Kier molecular flexibility index (Phi) is 6.48. The second-order valence-electron chi connectivity index (χ2n) is 5.16. The molecule has 0 fully saturated rings. The predicted molar refractivity (Wildman–Crippen MR) is 81.3 cm³/mol. The number of esters is 1. The molecule has 0 aliphatic rings. The van der Waals surface area contributed by atoms with Crippen LogP contribution in [0.15, 0.2) is 23.3 Å². The molecule has 19 heavy (non-hydrogen) atoms.